The van der Waals surface area contributed by atoms with Crippen molar-refractivity contribution in [3.05, 3.63) is 42.0 Å². The van der Waals surface area contributed by atoms with Crippen LogP contribution in [0.15, 0.2) is 30.3 Å². The molecule has 0 bridgehead atoms. The summed E-state index contributed by atoms with van der Waals surface area (Å²) in [5.74, 6) is 0.187. The second-order valence-electron chi connectivity index (χ2n) is 3.73. The second-order valence-corrected chi connectivity index (χ2v) is 3.73. The Kier molecular flexibility index (Phi) is 3.41. The Morgan fingerprint density at radius 1 is 1.12 bits per heavy atom. The molecule has 1 radical (unpaired) electrons. The van der Waals surface area contributed by atoms with Crippen molar-refractivity contribution >= 4 is 22.1 Å². The first-order chi connectivity index (χ1) is 7.75. The van der Waals surface area contributed by atoms with Crippen molar-refractivity contribution in [1.29, 1.82) is 0 Å². The number of benzene rings is 2. The molecule has 3 nitrogen and oxygen atoms in total. The zero-order valence-corrected chi connectivity index (χ0v) is 12.1. The topological polar surface area (TPSA) is 46.0 Å². The van der Waals surface area contributed by atoms with Crippen molar-refractivity contribution in [2.45, 2.75) is 6.92 Å². The fourth-order valence-corrected chi connectivity index (χ4v) is 1.70. The van der Waals surface area contributed by atoms with Crippen LogP contribution >= 0.6 is 0 Å². The molecule has 4 heteroatoms. The van der Waals surface area contributed by atoms with Gasteiger partial charge in [0, 0.05) is 44.0 Å². The predicted octanol–water partition coefficient (Wildman–Crippen LogP) is 2.59. The zero-order valence-electron chi connectivity index (χ0n) is 9.31. The van der Waals surface area contributed by atoms with Gasteiger partial charge in [0.25, 0.3) is 0 Å². The number of aryl methyl sites for hydroxylation is 1. The van der Waals surface area contributed by atoms with Gasteiger partial charge in [-0.25, -0.2) is 0 Å². The van der Waals surface area contributed by atoms with E-state index in [-0.39, 0.29) is 38.5 Å². The third-order valence-corrected chi connectivity index (χ3v) is 2.59. The van der Waals surface area contributed by atoms with Crippen molar-refractivity contribution < 1.29 is 37.8 Å². The molecular formula is C13H9N2OY-. The predicted molar refractivity (Wildman–Crippen MR) is 62.3 cm³/mol. The van der Waals surface area contributed by atoms with Crippen LogP contribution in [0.2, 0.25) is 0 Å². The van der Waals surface area contributed by atoms with Crippen LogP contribution < -0.4 is 0 Å². The molecule has 0 aliphatic heterocycles. The third kappa shape index (κ3) is 2.05. The number of aromatic nitrogens is 2. The van der Waals surface area contributed by atoms with Gasteiger partial charge in [-0.05, 0) is 17.6 Å². The van der Waals surface area contributed by atoms with Crippen LogP contribution in [0.5, 0.6) is 5.75 Å². The average molecular weight is 298 g/mol. The monoisotopic (exact) mass is 298 g/mol. The minimum absolute atomic E-state index is 0. The number of hydrogen-bond donors (Lipinski definition) is 1. The molecule has 0 unspecified atom stereocenters. The Morgan fingerprint density at radius 3 is 2.47 bits per heavy atom. The van der Waals surface area contributed by atoms with Crippen LogP contribution in [-0.4, -0.2) is 15.1 Å². The van der Waals surface area contributed by atoms with Gasteiger partial charge in [0.15, 0.2) is 0 Å². The van der Waals surface area contributed by atoms with Gasteiger partial charge >= 0.3 is 0 Å². The fraction of sp³-hybridized carbons (Fsp3) is 0.0769. The van der Waals surface area contributed by atoms with Crippen molar-refractivity contribution in [2.24, 2.45) is 0 Å². The smallest absolute Gasteiger partial charge is 0.0855 e. The van der Waals surface area contributed by atoms with Gasteiger partial charge in [-0.15, -0.1) is 5.56 Å². The van der Waals surface area contributed by atoms with Crippen LogP contribution in [0.1, 0.15) is 5.56 Å². The minimum Gasteiger partial charge on any atom is -0.531 e. The molecule has 1 heterocycles. The van der Waals surface area contributed by atoms with Gasteiger partial charge < -0.3 is 10.1 Å². The van der Waals surface area contributed by atoms with Crippen LogP contribution in [0.4, 0.5) is 0 Å². The molecular weight excluding hydrogens is 289 g/mol. The largest absolute Gasteiger partial charge is 0.531 e. The van der Waals surface area contributed by atoms with Gasteiger partial charge in [-0.2, -0.15) is 12.1 Å². The summed E-state index contributed by atoms with van der Waals surface area (Å²) >= 11 is 0. The first kappa shape index (κ1) is 12.4. The normalized spacial score (nSPS) is 10.4. The maximum atomic E-state index is 9.90. The van der Waals surface area contributed by atoms with Crippen LogP contribution in [0, 0.1) is 13.0 Å². The molecule has 17 heavy (non-hydrogen) atoms. The van der Waals surface area contributed by atoms with E-state index in [4.69, 9.17) is 0 Å². The molecule has 1 aromatic heterocycles. The molecule has 3 rings (SSSR count). The summed E-state index contributed by atoms with van der Waals surface area (Å²) in [6.07, 6.45) is 0. The van der Waals surface area contributed by atoms with E-state index in [1.165, 1.54) is 0 Å². The Bertz CT molecular complexity index is 697. The summed E-state index contributed by atoms with van der Waals surface area (Å²) in [4.78, 5) is 8.80. The summed E-state index contributed by atoms with van der Waals surface area (Å²) in [5.41, 5.74) is 3.47. The maximum Gasteiger partial charge on any atom is 0.0855 e. The van der Waals surface area contributed by atoms with E-state index in [0.29, 0.717) is 11.0 Å². The zero-order chi connectivity index (χ0) is 11.1. The number of rotatable bonds is 0. The summed E-state index contributed by atoms with van der Waals surface area (Å²) in [6, 6.07) is 12.3. The van der Waals surface area contributed by atoms with Gasteiger partial charge in [0.05, 0.1) is 11.0 Å². The number of phenolic OH excluding ortho intramolecular Hbond substituents is 1. The van der Waals surface area contributed by atoms with Gasteiger partial charge in [-0.3, -0.25) is 4.98 Å². The molecule has 0 atom stereocenters. The molecule has 0 saturated carbocycles. The summed E-state index contributed by atoms with van der Waals surface area (Å²) < 4.78 is 0. The molecule has 0 amide bonds. The number of phenols is 1. The number of hydrogen-bond acceptors (Lipinski definition) is 3. The summed E-state index contributed by atoms with van der Waals surface area (Å²) in [5, 5.41) is 9.90. The standard InChI is InChI=1S/C13H9N2O.Y/c1-8-6-7-11-12(13(8)16)15-10-5-3-2-4-9(10)14-11;/h2-6,16H,1H3;/q-1;. The van der Waals surface area contributed by atoms with Crippen LogP contribution in [-0.2, 0) is 32.7 Å². The van der Waals surface area contributed by atoms with E-state index < -0.39 is 0 Å². The molecule has 0 saturated heterocycles. The third-order valence-electron chi connectivity index (χ3n) is 2.59. The Hall–Kier alpha value is -1.06. The molecule has 0 aliphatic rings. The molecule has 0 fully saturated rings. The number of para-hydroxylation sites is 2. The SMILES string of the molecule is Cc1c[c-]c2nc3ccccc3nc2c1O.[Y]. The van der Waals surface area contributed by atoms with Gasteiger partial charge in [0.1, 0.15) is 0 Å². The number of nitrogens with zero attached hydrogens (tertiary/aromatic N) is 2. The van der Waals surface area contributed by atoms with E-state index in [2.05, 4.69) is 16.0 Å². The average Bonchev–Trinajstić information content (AvgIpc) is 2.32. The first-order valence-electron chi connectivity index (χ1n) is 5.02. The van der Waals surface area contributed by atoms with Crippen molar-refractivity contribution in [2.75, 3.05) is 0 Å². The maximum absolute atomic E-state index is 9.90. The molecule has 2 aromatic carbocycles. The van der Waals surface area contributed by atoms with Crippen molar-refractivity contribution in [3.8, 4) is 5.75 Å². The van der Waals surface area contributed by atoms with E-state index in [9.17, 15) is 5.11 Å². The number of aromatic hydroxyl groups is 1. The van der Waals surface area contributed by atoms with E-state index >= 15 is 0 Å². The number of fused-ring (bicyclic) bond motifs is 2. The Morgan fingerprint density at radius 2 is 1.76 bits per heavy atom. The van der Waals surface area contributed by atoms with Gasteiger partial charge in [-0.1, -0.05) is 19.1 Å². The molecule has 1 N–H and O–H groups in total. The molecule has 3 aromatic rings. The van der Waals surface area contributed by atoms with Crippen LogP contribution in [0.3, 0.4) is 0 Å². The minimum atomic E-state index is 0. The summed E-state index contributed by atoms with van der Waals surface area (Å²) in [7, 11) is 0. The summed E-state index contributed by atoms with van der Waals surface area (Å²) in [6.45, 7) is 1.82. The quantitative estimate of drug-likeness (QED) is 0.512. The van der Waals surface area contributed by atoms with Crippen molar-refractivity contribution in [1.82, 2.24) is 9.97 Å². The van der Waals surface area contributed by atoms with E-state index in [1.54, 1.807) is 6.07 Å². The van der Waals surface area contributed by atoms with Crippen LogP contribution in [0.25, 0.3) is 22.1 Å². The molecule has 81 valence electrons. The van der Waals surface area contributed by atoms with E-state index in [0.717, 1.165) is 16.6 Å². The molecule has 0 aliphatic carbocycles. The Labute approximate surface area is 124 Å². The second kappa shape index (κ2) is 4.67. The molecule has 0 spiro atoms. The fourth-order valence-electron chi connectivity index (χ4n) is 1.70. The van der Waals surface area contributed by atoms with Crippen molar-refractivity contribution in [3.63, 3.8) is 0 Å². The van der Waals surface area contributed by atoms with E-state index in [1.807, 2.05) is 31.2 Å². The first-order valence-corrected chi connectivity index (χ1v) is 5.02. The Balaban J connectivity index is 0.00000108. The van der Waals surface area contributed by atoms with Gasteiger partial charge in [0.2, 0.25) is 0 Å².